The Hall–Kier alpha value is -0.860. The van der Waals surface area contributed by atoms with Crippen LogP contribution in [-0.4, -0.2) is 6.54 Å². The van der Waals surface area contributed by atoms with Gasteiger partial charge in [-0.15, -0.1) is 0 Å². The number of aryl methyl sites for hydroxylation is 1. The number of ether oxygens (including phenoxy) is 1. The van der Waals surface area contributed by atoms with Gasteiger partial charge in [0.25, 0.3) is 0 Å². The predicted octanol–water partition coefficient (Wildman–Crippen LogP) is 2.63. The molecule has 1 aliphatic rings. The first kappa shape index (κ1) is 11.6. The maximum Gasteiger partial charge on any atom is 0.0725 e. The highest BCUT2D eigenvalue weighted by Gasteiger charge is 2.16. The molecule has 2 heteroatoms. The van der Waals surface area contributed by atoms with Gasteiger partial charge in [0, 0.05) is 0 Å². The van der Waals surface area contributed by atoms with Gasteiger partial charge in [0.1, 0.15) is 0 Å². The molecule has 0 saturated carbocycles. The van der Waals surface area contributed by atoms with Gasteiger partial charge in [-0.05, 0) is 41.5 Å². The topological polar surface area (TPSA) is 35.2 Å². The third-order valence-corrected chi connectivity index (χ3v) is 3.43. The molecule has 0 fully saturated rings. The van der Waals surface area contributed by atoms with Gasteiger partial charge < -0.3 is 10.5 Å². The molecule has 0 unspecified atom stereocenters. The SMILES string of the molecule is CC(C)(CN)CCc1ccc2c(c1)COC2. The third-order valence-electron chi connectivity index (χ3n) is 3.43. The lowest BCUT2D eigenvalue weighted by atomic mass is 9.86. The number of rotatable bonds is 4. The Kier molecular flexibility index (Phi) is 3.31. The molecule has 0 atom stereocenters. The summed E-state index contributed by atoms with van der Waals surface area (Å²) in [6, 6.07) is 6.71. The van der Waals surface area contributed by atoms with Crippen LogP contribution in [0.2, 0.25) is 0 Å². The fraction of sp³-hybridized carbons (Fsp3) is 0.571. The summed E-state index contributed by atoms with van der Waals surface area (Å²) >= 11 is 0. The van der Waals surface area contributed by atoms with Crippen molar-refractivity contribution in [3.63, 3.8) is 0 Å². The maximum atomic E-state index is 5.74. The lowest BCUT2D eigenvalue weighted by molar-refractivity contribution is 0.134. The van der Waals surface area contributed by atoms with Gasteiger partial charge >= 0.3 is 0 Å². The minimum absolute atomic E-state index is 0.246. The van der Waals surface area contributed by atoms with E-state index in [1.165, 1.54) is 16.7 Å². The molecular formula is C14H21NO. The molecule has 2 rings (SSSR count). The molecule has 1 heterocycles. The summed E-state index contributed by atoms with van der Waals surface area (Å²) in [5.41, 5.74) is 10.1. The van der Waals surface area contributed by atoms with E-state index in [9.17, 15) is 0 Å². The molecule has 88 valence electrons. The Balaban J connectivity index is 2.00. The summed E-state index contributed by atoms with van der Waals surface area (Å²) in [5.74, 6) is 0. The van der Waals surface area contributed by atoms with E-state index in [-0.39, 0.29) is 5.41 Å². The van der Waals surface area contributed by atoms with E-state index < -0.39 is 0 Å². The monoisotopic (exact) mass is 219 g/mol. The summed E-state index contributed by atoms with van der Waals surface area (Å²) in [5, 5.41) is 0. The van der Waals surface area contributed by atoms with Crippen molar-refractivity contribution in [3.8, 4) is 0 Å². The zero-order chi connectivity index (χ0) is 11.6. The number of hydrogen-bond donors (Lipinski definition) is 1. The van der Waals surface area contributed by atoms with Crippen LogP contribution in [-0.2, 0) is 24.4 Å². The van der Waals surface area contributed by atoms with Crippen molar-refractivity contribution in [1.29, 1.82) is 0 Å². The molecule has 1 aromatic carbocycles. The fourth-order valence-corrected chi connectivity index (χ4v) is 1.97. The summed E-state index contributed by atoms with van der Waals surface area (Å²) in [6.45, 7) is 6.77. The van der Waals surface area contributed by atoms with Gasteiger partial charge in [0.05, 0.1) is 13.2 Å². The minimum atomic E-state index is 0.246. The largest absolute Gasteiger partial charge is 0.372 e. The summed E-state index contributed by atoms with van der Waals surface area (Å²) in [6.07, 6.45) is 2.25. The highest BCUT2D eigenvalue weighted by Crippen LogP contribution is 2.24. The number of hydrogen-bond acceptors (Lipinski definition) is 2. The molecule has 0 aromatic heterocycles. The van der Waals surface area contributed by atoms with Gasteiger partial charge in [-0.25, -0.2) is 0 Å². The Morgan fingerprint density at radius 3 is 2.75 bits per heavy atom. The van der Waals surface area contributed by atoms with E-state index in [1.54, 1.807) is 0 Å². The number of benzene rings is 1. The first-order valence-electron chi connectivity index (χ1n) is 5.99. The molecule has 2 nitrogen and oxygen atoms in total. The normalized spacial score (nSPS) is 15.2. The van der Waals surface area contributed by atoms with Gasteiger partial charge in [-0.3, -0.25) is 0 Å². The molecule has 1 aliphatic heterocycles. The second kappa shape index (κ2) is 4.56. The van der Waals surface area contributed by atoms with Crippen molar-refractivity contribution < 1.29 is 4.74 Å². The van der Waals surface area contributed by atoms with Crippen LogP contribution in [0.25, 0.3) is 0 Å². The molecule has 2 N–H and O–H groups in total. The average Bonchev–Trinajstić information content (AvgIpc) is 2.73. The molecule has 16 heavy (non-hydrogen) atoms. The Morgan fingerprint density at radius 1 is 1.25 bits per heavy atom. The molecule has 0 aliphatic carbocycles. The van der Waals surface area contributed by atoms with E-state index in [0.717, 1.165) is 32.6 Å². The lowest BCUT2D eigenvalue weighted by Crippen LogP contribution is -2.24. The molecular weight excluding hydrogens is 198 g/mol. The Labute approximate surface area is 97.8 Å². The van der Waals surface area contributed by atoms with E-state index in [0.29, 0.717) is 0 Å². The van der Waals surface area contributed by atoms with Crippen molar-refractivity contribution in [2.75, 3.05) is 6.54 Å². The van der Waals surface area contributed by atoms with Crippen LogP contribution in [0.4, 0.5) is 0 Å². The van der Waals surface area contributed by atoms with Crippen molar-refractivity contribution in [1.82, 2.24) is 0 Å². The predicted molar refractivity (Wildman–Crippen MR) is 66.1 cm³/mol. The van der Waals surface area contributed by atoms with Crippen molar-refractivity contribution >= 4 is 0 Å². The first-order chi connectivity index (χ1) is 7.61. The van der Waals surface area contributed by atoms with Gasteiger partial charge in [-0.1, -0.05) is 32.0 Å². The lowest BCUT2D eigenvalue weighted by Gasteiger charge is -2.22. The van der Waals surface area contributed by atoms with Gasteiger partial charge in [0.15, 0.2) is 0 Å². The smallest absolute Gasteiger partial charge is 0.0725 e. The van der Waals surface area contributed by atoms with Crippen LogP contribution in [0.15, 0.2) is 18.2 Å². The first-order valence-corrected chi connectivity index (χ1v) is 5.99. The molecule has 0 amide bonds. The van der Waals surface area contributed by atoms with Crippen LogP contribution in [0.3, 0.4) is 0 Å². The summed E-state index contributed by atoms with van der Waals surface area (Å²) in [7, 11) is 0. The number of fused-ring (bicyclic) bond motifs is 1. The highest BCUT2D eigenvalue weighted by molar-refractivity contribution is 5.33. The van der Waals surface area contributed by atoms with Crippen LogP contribution in [0.1, 0.15) is 37.0 Å². The second-order valence-corrected chi connectivity index (χ2v) is 5.46. The van der Waals surface area contributed by atoms with Gasteiger partial charge in [-0.2, -0.15) is 0 Å². The van der Waals surface area contributed by atoms with E-state index in [4.69, 9.17) is 10.5 Å². The molecule has 1 aromatic rings. The van der Waals surface area contributed by atoms with E-state index >= 15 is 0 Å². The van der Waals surface area contributed by atoms with Crippen molar-refractivity contribution in [2.24, 2.45) is 11.1 Å². The Bertz CT molecular complexity index is 371. The molecule has 0 spiro atoms. The highest BCUT2D eigenvalue weighted by atomic mass is 16.5. The minimum Gasteiger partial charge on any atom is -0.372 e. The van der Waals surface area contributed by atoms with Crippen LogP contribution in [0, 0.1) is 5.41 Å². The van der Waals surface area contributed by atoms with Crippen LogP contribution >= 0.6 is 0 Å². The molecule has 0 saturated heterocycles. The zero-order valence-corrected chi connectivity index (χ0v) is 10.3. The maximum absolute atomic E-state index is 5.74. The fourth-order valence-electron chi connectivity index (χ4n) is 1.97. The number of nitrogens with two attached hydrogens (primary N) is 1. The van der Waals surface area contributed by atoms with Crippen LogP contribution in [0.5, 0.6) is 0 Å². The third kappa shape index (κ3) is 2.63. The summed E-state index contributed by atoms with van der Waals surface area (Å²) in [4.78, 5) is 0. The Morgan fingerprint density at radius 2 is 2.00 bits per heavy atom. The summed E-state index contributed by atoms with van der Waals surface area (Å²) < 4.78 is 5.42. The van der Waals surface area contributed by atoms with Crippen LogP contribution < -0.4 is 5.73 Å². The van der Waals surface area contributed by atoms with Crippen molar-refractivity contribution in [2.45, 2.75) is 39.9 Å². The zero-order valence-electron chi connectivity index (χ0n) is 10.3. The second-order valence-electron chi connectivity index (χ2n) is 5.46. The molecule has 0 radical (unpaired) electrons. The standard InChI is InChI=1S/C14H21NO/c1-14(2,10-15)6-5-11-3-4-12-8-16-9-13(12)7-11/h3-4,7H,5-6,8-10,15H2,1-2H3. The van der Waals surface area contributed by atoms with Crippen molar-refractivity contribution in [3.05, 3.63) is 34.9 Å². The van der Waals surface area contributed by atoms with Gasteiger partial charge in [0.2, 0.25) is 0 Å². The quantitative estimate of drug-likeness (QED) is 0.845. The van der Waals surface area contributed by atoms with E-state index in [1.807, 2.05) is 0 Å². The molecule has 0 bridgehead atoms. The average molecular weight is 219 g/mol. The van der Waals surface area contributed by atoms with E-state index in [2.05, 4.69) is 32.0 Å².